The Labute approximate surface area is 169 Å². The third kappa shape index (κ3) is 3.17. The van der Waals surface area contributed by atoms with Gasteiger partial charge in [-0.1, -0.05) is 30.3 Å². The average Bonchev–Trinajstić information content (AvgIpc) is 3.35. The summed E-state index contributed by atoms with van der Waals surface area (Å²) >= 11 is 1.14. The van der Waals surface area contributed by atoms with Crippen molar-refractivity contribution in [1.82, 2.24) is 4.98 Å². The van der Waals surface area contributed by atoms with Gasteiger partial charge in [0, 0.05) is 22.7 Å². The molecule has 1 amide bonds. The summed E-state index contributed by atoms with van der Waals surface area (Å²) < 4.78 is 19.8. The van der Waals surface area contributed by atoms with Crippen molar-refractivity contribution in [1.29, 1.82) is 0 Å². The second kappa shape index (κ2) is 7.48. The van der Waals surface area contributed by atoms with Crippen LogP contribution in [0.3, 0.4) is 0 Å². The highest BCUT2D eigenvalue weighted by Crippen LogP contribution is 2.43. The molecule has 146 valence electrons. The Hall–Kier alpha value is -3.52. The van der Waals surface area contributed by atoms with Gasteiger partial charge in [-0.25, -0.2) is 9.37 Å². The zero-order valence-corrected chi connectivity index (χ0v) is 16.0. The quantitative estimate of drug-likeness (QED) is 0.401. The molecule has 0 spiro atoms. The maximum absolute atomic E-state index is 14.7. The first-order chi connectivity index (χ1) is 14.0. The number of rotatable bonds is 4. The van der Waals surface area contributed by atoms with E-state index in [1.54, 1.807) is 29.6 Å². The van der Waals surface area contributed by atoms with Crippen LogP contribution in [0.1, 0.15) is 17.2 Å². The molecule has 3 aromatic rings. The molecule has 0 radical (unpaired) electrons. The summed E-state index contributed by atoms with van der Waals surface area (Å²) in [6.45, 7) is 0. The van der Waals surface area contributed by atoms with Crippen molar-refractivity contribution in [3.63, 3.8) is 0 Å². The molecule has 4 rings (SSSR count). The third-order valence-electron chi connectivity index (χ3n) is 4.61. The van der Waals surface area contributed by atoms with Gasteiger partial charge in [-0.3, -0.25) is 14.5 Å². The molecular weight excluding hydrogens is 395 g/mol. The van der Waals surface area contributed by atoms with Crippen molar-refractivity contribution in [3.05, 3.63) is 82.6 Å². The topological polar surface area (TPSA) is 79.7 Å². The van der Waals surface area contributed by atoms with Gasteiger partial charge in [0.25, 0.3) is 5.78 Å². The molecule has 2 aromatic carbocycles. The first kappa shape index (κ1) is 18.8. The number of halogens is 1. The van der Waals surface area contributed by atoms with Gasteiger partial charge in [-0.15, -0.1) is 11.3 Å². The summed E-state index contributed by atoms with van der Waals surface area (Å²) in [4.78, 5) is 30.9. The number of Topliss-reactive ketones (excluding diaryl/α,β-unsaturated/α-hetero) is 1. The minimum Gasteiger partial charge on any atom is -0.507 e. The maximum Gasteiger partial charge on any atom is 0.301 e. The lowest BCUT2D eigenvalue weighted by molar-refractivity contribution is -0.132. The summed E-state index contributed by atoms with van der Waals surface area (Å²) in [6.07, 6.45) is 1.49. The van der Waals surface area contributed by atoms with Crippen LogP contribution >= 0.6 is 11.3 Å². The van der Waals surface area contributed by atoms with E-state index in [4.69, 9.17) is 4.74 Å². The molecular formula is C21H15FN2O4S. The van der Waals surface area contributed by atoms with E-state index in [0.717, 1.165) is 16.2 Å². The zero-order valence-electron chi connectivity index (χ0n) is 15.2. The highest BCUT2D eigenvalue weighted by molar-refractivity contribution is 7.14. The van der Waals surface area contributed by atoms with Gasteiger partial charge in [-0.2, -0.15) is 0 Å². The van der Waals surface area contributed by atoms with E-state index in [9.17, 15) is 19.1 Å². The van der Waals surface area contributed by atoms with Crippen LogP contribution in [0.15, 0.2) is 65.7 Å². The minimum atomic E-state index is -1.14. The molecule has 2 heterocycles. The molecule has 1 fully saturated rings. The van der Waals surface area contributed by atoms with Gasteiger partial charge in [-0.05, 0) is 18.2 Å². The van der Waals surface area contributed by atoms with E-state index in [1.165, 1.54) is 37.6 Å². The number of carbonyl (C=O) groups excluding carboxylic acids is 2. The van der Waals surface area contributed by atoms with Crippen LogP contribution in [-0.2, 0) is 9.59 Å². The van der Waals surface area contributed by atoms with Crippen LogP contribution in [0.4, 0.5) is 9.52 Å². The number of aromatic nitrogens is 1. The zero-order chi connectivity index (χ0) is 20.5. The smallest absolute Gasteiger partial charge is 0.301 e. The molecule has 0 bridgehead atoms. The molecule has 8 heteroatoms. The first-order valence-electron chi connectivity index (χ1n) is 8.62. The summed E-state index contributed by atoms with van der Waals surface area (Å²) in [5.74, 6) is -2.33. The summed E-state index contributed by atoms with van der Waals surface area (Å²) in [7, 11) is 1.47. The van der Waals surface area contributed by atoms with Crippen molar-refractivity contribution in [2.24, 2.45) is 0 Å². The predicted octanol–water partition coefficient (Wildman–Crippen LogP) is 3.92. The number of hydrogen-bond donors (Lipinski definition) is 1. The number of hydrogen-bond acceptors (Lipinski definition) is 6. The lowest BCUT2D eigenvalue weighted by Gasteiger charge is -2.23. The van der Waals surface area contributed by atoms with E-state index >= 15 is 0 Å². The highest BCUT2D eigenvalue weighted by atomic mass is 32.1. The largest absolute Gasteiger partial charge is 0.507 e. The van der Waals surface area contributed by atoms with Crippen LogP contribution in [0, 0.1) is 5.82 Å². The second-order valence-corrected chi connectivity index (χ2v) is 7.11. The van der Waals surface area contributed by atoms with Crippen molar-refractivity contribution >= 4 is 33.9 Å². The number of ether oxygens (including phenoxy) is 1. The van der Waals surface area contributed by atoms with E-state index in [1.807, 2.05) is 0 Å². The summed E-state index contributed by atoms with van der Waals surface area (Å²) in [5, 5.41) is 12.8. The number of aliphatic hydroxyl groups is 1. The Morgan fingerprint density at radius 2 is 2.00 bits per heavy atom. The molecule has 1 aliphatic rings. The van der Waals surface area contributed by atoms with Gasteiger partial charge in [0.2, 0.25) is 0 Å². The Balaban J connectivity index is 1.96. The van der Waals surface area contributed by atoms with Gasteiger partial charge in [0.05, 0.1) is 12.7 Å². The van der Waals surface area contributed by atoms with Crippen LogP contribution < -0.4 is 9.64 Å². The Morgan fingerprint density at radius 3 is 2.69 bits per heavy atom. The van der Waals surface area contributed by atoms with Gasteiger partial charge in [0.15, 0.2) is 5.13 Å². The number of carbonyl (C=O) groups is 2. The molecule has 1 saturated heterocycles. The fraction of sp³-hybridized carbons (Fsp3) is 0.0952. The number of aliphatic hydroxyl groups excluding tert-OH is 1. The highest BCUT2D eigenvalue weighted by Gasteiger charge is 2.48. The molecule has 1 unspecified atom stereocenters. The van der Waals surface area contributed by atoms with Crippen LogP contribution in [0.25, 0.3) is 5.76 Å². The Morgan fingerprint density at radius 1 is 1.21 bits per heavy atom. The van der Waals surface area contributed by atoms with E-state index in [0.29, 0.717) is 5.75 Å². The van der Waals surface area contributed by atoms with Gasteiger partial charge >= 0.3 is 5.91 Å². The van der Waals surface area contributed by atoms with Crippen molar-refractivity contribution in [2.75, 3.05) is 12.0 Å². The number of benzene rings is 2. The number of thiazole rings is 1. The number of anilines is 1. The minimum absolute atomic E-state index is 0.0892. The SMILES string of the molecule is COc1cccc(C(O)=C2C(=O)C(=O)N(c3nccs3)C2c2ccccc2F)c1. The van der Waals surface area contributed by atoms with Crippen LogP contribution in [0.2, 0.25) is 0 Å². The fourth-order valence-electron chi connectivity index (χ4n) is 3.28. The second-order valence-electron chi connectivity index (χ2n) is 6.24. The summed E-state index contributed by atoms with van der Waals surface area (Å²) in [6, 6.07) is 11.1. The van der Waals surface area contributed by atoms with E-state index in [-0.39, 0.29) is 21.8 Å². The lowest BCUT2D eigenvalue weighted by atomic mass is 9.95. The van der Waals surface area contributed by atoms with Crippen molar-refractivity contribution < 1.29 is 23.8 Å². The predicted molar refractivity (Wildman–Crippen MR) is 106 cm³/mol. The molecule has 1 N–H and O–H groups in total. The number of methoxy groups -OCH3 is 1. The number of ketones is 1. The third-order valence-corrected chi connectivity index (χ3v) is 5.38. The van der Waals surface area contributed by atoms with Crippen LogP contribution in [-0.4, -0.2) is 28.9 Å². The van der Waals surface area contributed by atoms with Crippen molar-refractivity contribution in [2.45, 2.75) is 6.04 Å². The molecule has 0 aliphatic carbocycles. The van der Waals surface area contributed by atoms with Crippen LogP contribution in [0.5, 0.6) is 5.75 Å². The van der Waals surface area contributed by atoms with E-state index in [2.05, 4.69) is 4.98 Å². The molecule has 0 saturated carbocycles. The number of amides is 1. The first-order valence-corrected chi connectivity index (χ1v) is 9.50. The van der Waals surface area contributed by atoms with Crippen molar-refractivity contribution in [3.8, 4) is 5.75 Å². The standard InChI is InChI=1S/C21H15FN2O4S/c1-28-13-6-4-5-12(11-13)18(25)16-17(14-7-2-3-8-15(14)22)24(20(27)19(16)26)21-23-9-10-29-21/h2-11,17,25H,1H3. The molecule has 6 nitrogen and oxygen atoms in total. The Bertz CT molecular complexity index is 1130. The average molecular weight is 410 g/mol. The molecule has 1 aromatic heterocycles. The molecule has 1 atom stereocenters. The van der Waals surface area contributed by atoms with E-state index < -0.39 is 29.3 Å². The molecule has 29 heavy (non-hydrogen) atoms. The van der Waals surface area contributed by atoms with Gasteiger partial charge < -0.3 is 9.84 Å². The normalized spacial score (nSPS) is 18.3. The van der Waals surface area contributed by atoms with Gasteiger partial charge in [0.1, 0.15) is 23.4 Å². The monoisotopic (exact) mass is 410 g/mol. The maximum atomic E-state index is 14.7. The number of nitrogens with zero attached hydrogens (tertiary/aromatic N) is 2. The summed E-state index contributed by atoms with van der Waals surface area (Å²) in [5.41, 5.74) is 0.165. The molecule has 1 aliphatic heterocycles. The lowest BCUT2D eigenvalue weighted by Crippen LogP contribution is -2.29. The Kier molecular flexibility index (Phi) is 4.85. The fourth-order valence-corrected chi connectivity index (χ4v) is 3.95.